The summed E-state index contributed by atoms with van der Waals surface area (Å²) in [6, 6.07) is 18.4. The second-order valence-electron chi connectivity index (χ2n) is 7.03. The molecule has 0 aliphatic heterocycles. The smallest absolute Gasteiger partial charge is 0.338 e. The van der Waals surface area contributed by atoms with Crippen LogP contribution in [0.3, 0.4) is 0 Å². The van der Waals surface area contributed by atoms with E-state index in [1.54, 1.807) is 50.5 Å². The van der Waals surface area contributed by atoms with Gasteiger partial charge in [0.15, 0.2) is 0 Å². The van der Waals surface area contributed by atoms with Gasteiger partial charge in [0, 0.05) is 12.4 Å². The van der Waals surface area contributed by atoms with E-state index < -0.39 is 10.0 Å². The number of aromatic nitrogens is 1. The summed E-state index contributed by atoms with van der Waals surface area (Å²) in [6.45, 7) is 3.97. The topological polar surface area (TPSA) is 76.6 Å². The van der Waals surface area contributed by atoms with Crippen LogP contribution in [0.4, 0.5) is 5.69 Å². The lowest BCUT2D eigenvalue weighted by molar-refractivity contribution is 0.0526. The van der Waals surface area contributed by atoms with Gasteiger partial charge in [0.1, 0.15) is 0 Å². The molecular formula is C24H26N2O4S. The highest BCUT2D eigenvalue weighted by molar-refractivity contribution is 7.92. The zero-order valence-corrected chi connectivity index (χ0v) is 18.5. The number of anilines is 1. The van der Waals surface area contributed by atoms with E-state index in [2.05, 4.69) is 4.98 Å². The normalized spacial score (nSPS) is 11.2. The molecule has 0 bridgehead atoms. The SMILES string of the molecule is CCOC(=O)c1ccc(Cc2cccc(N(Cc3cccnc3)S(=O)(=O)CC)c2)cc1. The summed E-state index contributed by atoms with van der Waals surface area (Å²) in [5.74, 6) is -0.334. The summed E-state index contributed by atoms with van der Waals surface area (Å²) in [4.78, 5) is 15.9. The van der Waals surface area contributed by atoms with E-state index in [0.717, 1.165) is 16.7 Å². The summed E-state index contributed by atoms with van der Waals surface area (Å²) >= 11 is 0. The molecule has 0 saturated heterocycles. The van der Waals surface area contributed by atoms with E-state index in [9.17, 15) is 13.2 Å². The molecule has 1 heterocycles. The number of nitrogens with zero attached hydrogens (tertiary/aromatic N) is 2. The van der Waals surface area contributed by atoms with Gasteiger partial charge >= 0.3 is 5.97 Å². The molecule has 0 atom stereocenters. The van der Waals surface area contributed by atoms with Gasteiger partial charge in [0.05, 0.1) is 30.2 Å². The summed E-state index contributed by atoms with van der Waals surface area (Å²) < 4.78 is 32.0. The first-order chi connectivity index (χ1) is 14.9. The summed E-state index contributed by atoms with van der Waals surface area (Å²) in [5.41, 5.74) is 3.94. The van der Waals surface area contributed by atoms with Gasteiger partial charge in [-0.15, -0.1) is 0 Å². The Morgan fingerprint density at radius 3 is 2.35 bits per heavy atom. The molecule has 0 fully saturated rings. The first-order valence-electron chi connectivity index (χ1n) is 10.2. The van der Waals surface area contributed by atoms with Crippen LogP contribution < -0.4 is 4.31 Å². The van der Waals surface area contributed by atoms with Crippen molar-refractivity contribution in [3.63, 3.8) is 0 Å². The van der Waals surface area contributed by atoms with Crippen LogP contribution in [0.15, 0.2) is 73.1 Å². The number of carbonyl (C=O) groups excluding carboxylic acids is 1. The summed E-state index contributed by atoms with van der Waals surface area (Å²) in [6.07, 6.45) is 3.95. The van der Waals surface area contributed by atoms with Crippen molar-refractivity contribution in [1.82, 2.24) is 4.98 Å². The molecule has 7 heteroatoms. The molecule has 0 aliphatic rings. The van der Waals surface area contributed by atoms with Crippen LogP contribution in [0.25, 0.3) is 0 Å². The highest BCUT2D eigenvalue weighted by atomic mass is 32.2. The van der Waals surface area contributed by atoms with Gasteiger partial charge in [0.25, 0.3) is 0 Å². The average Bonchev–Trinajstić information content (AvgIpc) is 2.79. The highest BCUT2D eigenvalue weighted by Crippen LogP contribution is 2.24. The maximum absolute atomic E-state index is 12.8. The van der Waals surface area contributed by atoms with Crippen molar-refractivity contribution in [3.05, 3.63) is 95.3 Å². The van der Waals surface area contributed by atoms with Gasteiger partial charge in [-0.25, -0.2) is 13.2 Å². The predicted molar refractivity (Wildman–Crippen MR) is 122 cm³/mol. The van der Waals surface area contributed by atoms with Gasteiger partial charge in [-0.2, -0.15) is 0 Å². The number of carbonyl (C=O) groups is 1. The van der Waals surface area contributed by atoms with Crippen LogP contribution in [-0.4, -0.2) is 31.7 Å². The maximum Gasteiger partial charge on any atom is 0.338 e. The fourth-order valence-corrected chi connectivity index (χ4v) is 4.29. The number of pyridine rings is 1. The standard InChI is InChI=1S/C24H26N2O4S/c1-3-30-24(27)22-12-10-19(11-13-22)15-20-7-5-9-23(16-20)26(31(28,29)4-2)18-21-8-6-14-25-17-21/h5-14,16-17H,3-4,15,18H2,1-2H3. The number of hydrogen-bond acceptors (Lipinski definition) is 5. The van der Waals surface area contributed by atoms with Crippen LogP contribution >= 0.6 is 0 Å². The number of esters is 1. The lowest BCUT2D eigenvalue weighted by Gasteiger charge is -2.24. The first kappa shape index (κ1) is 22.5. The summed E-state index contributed by atoms with van der Waals surface area (Å²) in [5, 5.41) is 0. The number of rotatable bonds is 9. The van der Waals surface area contributed by atoms with E-state index in [0.29, 0.717) is 24.3 Å². The van der Waals surface area contributed by atoms with E-state index >= 15 is 0 Å². The molecule has 0 amide bonds. The van der Waals surface area contributed by atoms with E-state index in [4.69, 9.17) is 4.74 Å². The molecule has 31 heavy (non-hydrogen) atoms. The van der Waals surface area contributed by atoms with Crippen LogP contribution in [0.1, 0.15) is 40.9 Å². The quantitative estimate of drug-likeness (QED) is 0.468. The summed E-state index contributed by atoms with van der Waals surface area (Å²) in [7, 11) is -3.47. The molecule has 0 N–H and O–H groups in total. The minimum absolute atomic E-state index is 0.00676. The Morgan fingerprint density at radius 1 is 0.968 bits per heavy atom. The lowest BCUT2D eigenvalue weighted by Crippen LogP contribution is -2.32. The van der Waals surface area contributed by atoms with Crippen LogP contribution in [0, 0.1) is 0 Å². The van der Waals surface area contributed by atoms with E-state index in [1.165, 1.54) is 4.31 Å². The minimum atomic E-state index is -3.47. The van der Waals surface area contributed by atoms with Gasteiger partial charge in [-0.3, -0.25) is 9.29 Å². The highest BCUT2D eigenvalue weighted by Gasteiger charge is 2.21. The molecule has 0 spiro atoms. The van der Waals surface area contributed by atoms with Crippen LogP contribution in [-0.2, 0) is 27.7 Å². The molecule has 2 aromatic carbocycles. The monoisotopic (exact) mass is 438 g/mol. The van der Waals surface area contributed by atoms with Crippen molar-refractivity contribution in [1.29, 1.82) is 0 Å². The number of benzene rings is 2. The predicted octanol–water partition coefficient (Wildman–Crippen LogP) is 4.21. The van der Waals surface area contributed by atoms with Crippen molar-refractivity contribution in [2.24, 2.45) is 0 Å². The van der Waals surface area contributed by atoms with Gasteiger partial charge in [0.2, 0.25) is 10.0 Å². The van der Waals surface area contributed by atoms with Crippen molar-refractivity contribution in [2.45, 2.75) is 26.8 Å². The Morgan fingerprint density at radius 2 is 1.71 bits per heavy atom. The fourth-order valence-electron chi connectivity index (χ4n) is 3.19. The fraction of sp³-hybridized carbons (Fsp3) is 0.250. The first-order valence-corrected chi connectivity index (χ1v) is 11.8. The zero-order valence-electron chi connectivity index (χ0n) is 17.7. The minimum Gasteiger partial charge on any atom is -0.462 e. The molecule has 0 aliphatic carbocycles. The van der Waals surface area contributed by atoms with Crippen LogP contribution in [0.2, 0.25) is 0 Å². The Hall–Kier alpha value is -3.19. The Balaban J connectivity index is 1.83. The second kappa shape index (κ2) is 10.2. The van der Waals surface area contributed by atoms with Crippen LogP contribution in [0.5, 0.6) is 0 Å². The molecule has 0 radical (unpaired) electrons. The van der Waals surface area contributed by atoms with Crippen molar-refractivity contribution < 1.29 is 17.9 Å². The van der Waals surface area contributed by atoms with Gasteiger partial charge < -0.3 is 4.74 Å². The second-order valence-corrected chi connectivity index (χ2v) is 9.21. The Kier molecular flexibility index (Phi) is 7.41. The Labute approximate surface area is 183 Å². The van der Waals surface area contributed by atoms with Gasteiger partial charge in [-0.05, 0) is 67.3 Å². The third kappa shape index (κ3) is 5.92. The molecule has 162 valence electrons. The molecule has 1 aromatic heterocycles. The average molecular weight is 439 g/mol. The number of ether oxygens (including phenoxy) is 1. The lowest BCUT2D eigenvalue weighted by atomic mass is 10.0. The van der Waals surface area contributed by atoms with Gasteiger partial charge in [-0.1, -0.05) is 30.3 Å². The molecule has 0 unspecified atom stereocenters. The molecule has 3 aromatic rings. The van der Waals surface area contributed by atoms with E-state index in [1.807, 2.05) is 36.4 Å². The molecule has 6 nitrogen and oxygen atoms in total. The third-order valence-electron chi connectivity index (χ3n) is 4.82. The molecule has 0 saturated carbocycles. The van der Waals surface area contributed by atoms with E-state index in [-0.39, 0.29) is 18.3 Å². The Bertz CT molecular complexity index is 1110. The third-order valence-corrected chi connectivity index (χ3v) is 6.56. The number of hydrogen-bond donors (Lipinski definition) is 0. The molecular weight excluding hydrogens is 412 g/mol. The van der Waals surface area contributed by atoms with Crippen molar-refractivity contribution in [3.8, 4) is 0 Å². The van der Waals surface area contributed by atoms with Crippen molar-refractivity contribution in [2.75, 3.05) is 16.7 Å². The van der Waals surface area contributed by atoms with Crippen molar-refractivity contribution >= 4 is 21.7 Å². The largest absolute Gasteiger partial charge is 0.462 e. The maximum atomic E-state index is 12.8. The zero-order chi connectivity index (χ0) is 22.3. The molecule has 3 rings (SSSR count). The number of sulfonamides is 1.